The van der Waals surface area contributed by atoms with E-state index in [0.717, 1.165) is 42.4 Å². The molecule has 1 unspecified atom stereocenters. The Morgan fingerprint density at radius 1 is 0.926 bits per heavy atom. The van der Waals surface area contributed by atoms with E-state index in [1.54, 1.807) is 0 Å². The Morgan fingerprint density at radius 3 is 2.33 bits per heavy atom. The van der Waals surface area contributed by atoms with E-state index in [-0.39, 0.29) is 0 Å². The van der Waals surface area contributed by atoms with Crippen LogP contribution in [0.4, 0.5) is 11.4 Å². The molecule has 2 aromatic carbocycles. The SMILES string of the molecule is CC.CC.Cc1ccc2c(c1)Oc1cc(Cl)ccc1N2C1CCCNCC1. The largest absolute Gasteiger partial charge is 0.453 e. The van der Waals surface area contributed by atoms with Crippen LogP contribution < -0.4 is 15.0 Å². The van der Waals surface area contributed by atoms with Crippen LogP contribution in [-0.4, -0.2) is 19.1 Å². The molecular formula is C23H33ClN2O. The lowest BCUT2D eigenvalue weighted by atomic mass is 10.0. The number of aryl methyl sites for hydroxylation is 1. The number of hydrogen-bond donors (Lipinski definition) is 1. The van der Waals surface area contributed by atoms with Gasteiger partial charge in [0.05, 0.1) is 11.4 Å². The molecule has 0 bridgehead atoms. The minimum Gasteiger partial charge on any atom is -0.453 e. The molecule has 1 fully saturated rings. The number of ether oxygens (including phenoxy) is 1. The van der Waals surface area contributed by atoms with Crippen molar-refractivity contribution in [3.63, 3.8) is 0 Å². The first-order chi connectivity index (χ1) is 13.2. The van der Waals surface area contributed by atoms with Gasteiger partial charge in [0.1, 0.15) is 0 Å². The standard InChI is InChI=1S/C19H21ClN2O.2C2H6/c1-13-4-6-16-18(11-13)23-19-12-14(20)5-7-17(19)22(16)15-3-2-9-21-10-8-15;2*1-2/h4-7,11-12,15,21H,2-3,8-10H2,1H3;2*1-2H3. The molecule has 0 saturated carbocycles. The highest BCUT2D eigenvalue weighted by Crippen LogP contribution is 2.49. The van der Waals surface area contributed by atoms with Gasteiger partial charge in [0.15, 0.2) is 11.5 Å². The van der Waals surface area contributed by atoms with E-state index in [1.807, 2.05) is 39.8 Å². The molecule has 2 heterocycles. The average Bonchev–Trinajstić information content (AvgIpc) is 2.98. The lowest BCUT2D eigenvalue weighted by Gasteiger charge is -2.38. The van der Waals surface area contributed by atoms with Crippen molar-refractivity contribution in [2.24, 2.45) is 0 Å². The second-order valence-corrected chi connectivity index (χ2v) is 6.83. The summed E-state index contributed by atoms with van der Waals surface area (Å²) in [5.41, 5.74) is 3.49. The van der Waals surface area contributed by atoms with E-state index in [4.69, 9.17) is 16.3 Å². The summed E-state index contributed by atoms with van der Waals surface area (Å²) < 4.78 is 6.15. The quantitative estimate of drug-likeness (QED) is 0.564. The monoisotopic (exact) mass is 388 g/mol. The molecule has 4 rings (SSSR count). The van der Waals surface area contributed by atoms with Gasteiger partial charge in [-0.1, -0.05) is 45.4 Å². The number of nitrogens with one attached hydrogen (secondary N) is 1. The number of nitrogens with zero attached hydrogens (tertiary/aromatic N) is 1. The van der Waals surface area contributed by atoms with E-state index in [0.29, 0.717) is 11.1 Å². The Balaban J connectivity index is 0.000000614. The molecule has 0 radical (unpaired) electrons. The molecule has 2 aromatic rings. The Labute approximate surface area is 169 Å². The lowest BCUT2D eigenvalue weighted by molar-refractivity contribution is 0.459. The molecule has 0 spiro atoms. The second kappa shape index (κ2) is 10.6. The van der Waals surface area contributed by atoms with E-state index < -0.39 is 0 Å². The van der Waals surface area contributed by atoms with Crippen molar-refractivity contribution in [3.8, 4) is 11.5 Å². The fraction of sp³-hybridized carbons (Fsp3) is 0.478. The second-order valence-electron chi connectivity index (χ2n) is 6.39. The molecule has 148 valence electrons. The summed E-state index contributed by atoms with van der Waals surface area (Å²) in [7, 11) is 0. The zero-order valence-corrected chi connectivity index (χ0v) is 18.1. The molecule has 27 heavy (non-hydrogen) atoms. The van der Waals surface area contributed by atoms with Crippen molar-refractivity contribution >= 4 is 23.0 Å². The van der Waals surface area contributed by atoms with Crippen molar-refractivity contribution in [2.45, 2.75) is 59.9 Å². The number of fused-ring (bicyclic) bond motifs is 2. The van der Waals surface area contributed by atoms with Crippen LogP contribution in [0.5, 0.6) is 11.5 Å². The Kier molecular flexibility index (Phi) is 8.46. The minimum absolute atomic E-state index is 0.482. The van der Waals surface area contributed by atoms with Crippen molar-refractivity contribution in [1.29, 1.82) is 0 Å². The van der Waals surface area contributed by atoms with Crippen LogP contribution in [0.25, 0.3) is 0 Å². The van der Waals surface area contributed by atoms with Crippen LogP contribution in [0, 0.1) is 6.92 Å². The van der Waals surface area contributed by atoms with E-state index in [2.05, 4.69) is 41.4 Å². The number of benzene rings is 2. The maximum Gasteiger partial charge on any atom is 0.152 e. The highest BCUT2D eigenvalue weighted by molar-refractivity contribution is 6.30. The Bertz CT molecular complexity index is 673. The predicted octanol–water partition coefficient (Wildman–Crippen LogP) is 7.09. The zero-order valence-electron chi connectivity index (χ0n) is 17.3. The Morgan fingerprint density at radius 2 is 1.59 bits per heavy atom. The zero-order chi connectivity index (χ0) is 19.8. The summed E-state index contributed by atoms with van der Waals surface area (Å²) in [6.45, 7) is 12.3. The number of hydrogen-bond acceptors (Lipinski definition) is 3. The van der Waals surface area contributed by atoms with Gasteiger partial charge in [-0.3, -0.25) is 0 Å². The summed E-state index contributed by atoms with van der Waals surface area (Å²) in [5, 5.41) is 4.21. The van der Waals surface area contributed by atoms with Crippen LogP contribution in [0.15, 0.2) is 36.4 Å². The van der Waals surface area contributed by atoms with Gasteiger partial charge in [-0.2, -0.15) is 0 Å². The lowest BCUT2D eigenvalue weighted by Crippen LogP contribution is -2.34. The van der Waals surface area contributed by atoms with E-state index in [1.165, 1.54) is 18.4 Å². The predicted molar refractivity (Wildman–Crippen MR) is 118 cm³/mol. The van der Waals surface area contributed by atoms with Gasteiger partial charge >= 0.3 is 0 Å². The summed E-state index contributed by atoms with van der Waals surface area (Å²) in [4.78, 5) is 2.46. The van der Waals surface area contributed by atoms with Crippen LogP contribution in [0.3, 0.4) is 0 Å². The average molecular weight is 389 g/mol. The van der Waals surface area contributed by atoms with Gasteiger partial charge in [-0.25, -0.2) is 0 Å². The minimum atomic E-state index is 0.482. The molecule has 2 aliphatic rings. The number of rotatable bonds is 1. The smallest absolute Gasteiger partial charge is 0.152 e. The van der Waals surface area contributed by atoms with Gasteiger partial charge < -0.3 is 15.0 Å². The van der Waals surface area contributed by atoms with Crippen LogP contribution in [0.1, 0.15) is 52.5 Å². The third-order valence-corrected chi connectivity index (χ3v) is 4.92. The van der Waals surface area contributed by atoms with E-state index in [9.17, 15) is 0 Å². The third kappa shape index (κ3) is 4.97. The van der Waals surface area contributed by atoms with Crippen molar-refractivity contribution < 1.29 is 4.74 Å². The molecule has 4 heteroatoms. The normalized spacial score (nSPS) is 17.7. The summed E-state index contributed by atoms with van der Waals surface area (Å²) in [6, 6.07) is 12.9. The van der Waals surface area contributed by atoms with Crippen molar-refractivity contribution in [1.82, 2.24) is 5.32 Å². The van der Waals surface area contributed by atoms with Crippen LogP contribution in [-0.2, 0) is 0 Å². The number of halogens is 1. The Hall–Kier alpha value is -1.71. The topological polar surface area (TPSA) is 24.5 Å². The van der Waals surface area contributed by atoms with Gasteiger partial charge in [0.25, 0.3) is 0 Å². The molecule has 3 nitrogen and oxygen atoms in total. The van der Waals surface area contributed by atoms with Gasteiger partial charge in [-0.05, 0) is 69.1 Å². The van der Waals surface area contributed by atoms with Crippen molar-refractivity contribution in [2.75, 3.05) is 18.0 Å². The van der Waals surface area contributed by atoms with Crippen LogP contribution in [0.2, 0.25) is 5.02 Å². The third-order valence-electron chi connectivity index (χ3n) is 4.69. The molecule has 0 amide bonds. The van der Waals surface area contributed by atoms with Gasteiger partial charge in [0, 0.05) is 17.1 Å². The molecule has 1 saturated heterocycles. The molecule has 0 aromatic heterocycles. The first-order valence-electron chi connectivity index (χ1n) is 10.3. The summed E-state index contributed by atoms with van der Waals surface area (Å²) >= 11 is 6.19. The maximum absolute atomic E-state index is 6.19. The first kappa shape index (κ1) is 21.6. The van der Waals surface area contributed by atoms with Crippen LogP contribution >= 0.6 is 11.6 Å². The first-order valence-corrected chi connectivity index (χ1v) is 10.7. The van der Waals surface area contributed by atoms with E-state index >= 15 is 0 Å². The highest BCUT2D eigenvalue weighted by Gasteiger charge is 2.30. The molecule has 1 N–H and O–H groups in total. The number of anilines is 2. The molecule has 2 aliphatic heterocycles. The molecule has 1 atom stereocenters. The molecule has 0 aliphatic carbocycles. The van der Waals surface area contributed by atoms with Gasteiger partial charge in [-0.15, -0.1) is 0 Å². The highest BCUT2D eigenvalue weighted by atomic mass is 35.5. The van der Waals surface area contributed by atoms with Crippen molar-refractivity contribution in [3.05, 3.63) is 47.0 Å². The maximum atomic E-state index is 6.19. The summed E-state index contributed by atoms with van der Waals surface area (Å²) in [6.07, 6.45) is 3.52. The fourth-order valence-corrected chi connectivity index (χ4v) is 3.73. The fourth-order valence-electron chi connectivity index (χ4n) is 3.57. The molecular weight excluding hydrogens is 356 g/mol. The summed E-state index contributed by atoms with van der Waals surface area (Å²) in [5.74, 6) is 1.78. The van der Waals surface area contributed by atoms with Gasteiger partial charge in [0.2, 0.25) is 0 Å².